The molecule has 184 valence electrons. The van der Waals surface area contributed by atoms with Gasteiger partial charge in [0.25, 0.3) is 5.91 Å². The van der Waals surface area contributed by atoms with Crippen molar-refractivity contribution in [3.63, 3.8) is 0 Å². The first-order valence-corrected chi connectivity index (χ1v) is 12.5. The highest BCUT2D eigenvalue weighted by molar-refractivity contribution is 7.89. The summed E-state index contributed by atoms with van der Waals surface area (Å²) in [5.41, 5.74) is 0.280. The van der Waals surface area contributed by atoms with Gasteiger partial charge in [-0.3, -0.25) is 9.69 Å². The van der Waals surface area contributed by atoms with E-state index in [2.05, 4.69) is 14.9 Å². The highest BCUT2D eigenvalue weighted by Gasteiger charge is 2.46. The molecule has 0 radical (unpaired) electrons. The van der Waals surface area contributed by atoms with E-state index in [0.717, 1.165) is 17.7 Å². The monoisotopic (exact) mass is 502 g/mol. The van der Waals surface area contributed by atoms with Crippen molar-refractivity contribution < 1.29 is 26.7 Å². The summed E-state index contributed by atoms with van der Waals surface area (Å²) in [6, 6.07) is 12.9. The summed E-state index contributed by atoms with van der Waals surface area (Å²) in [6.45, 7) is 1.86. The van der Waals surface area contributed by atoms with Gasteiger partial charge in [0, 0.05) is 44.6 Å². The Hall–Kier alpha value is -3.28. The molecule has 1 spiro atoms. The van der Waals surface area contributed by atoms with Crippen LogP contribution in [0.4, 0.5) is 14.5 Å². The second-order valence-electron chi connectivity index (χ2n) is 8.99. The lowest BCUT2D eigenvalue weighted by Crippen LogP contribution is -2.53. The lowest BCUT2D eigenvalue weighted by Gasteiger charge is -2.27. The summed E-state index contributed by atoms with van der Waals surface area (Å²) in [6.07, 6.45) is 1.86. The average molecular weight is 503 g/mol. The fourth-order valence-corrected chi connectivity index (χ4v) is 6.25. The summed E-state index contributed by atoms with van der Waals surface area (Å²) < 4.78 is 63.6. The Labute approximate surface area is 201 Å². The summed E-state index contributed by atoms with van der Waals surface area (Å²) in [5.74, 6) is -2.93. The van der Waals surface area contributed by atoms with E-state index in [0.29, 0.717) is 26.1 Å². The van der Waals surface area contributed by atoms with E-state index in [1.807, 2.05) is 30.3 Å². The summed E-state index contributed by atoms with van der Waals surface area (Å²) >= 11 is 0. The number of aromatic nitrogens is 1. The highest BCUT2D eigenvalue weighted by Crippen LogP contribution is 2.37. The van der Waals surface area contributed by atoms with Crippen molar-refractivity contribution in [2.24, 2.45) is 7.05 Å². The van der Waals surface area contributed by atoms with Gasteiger partial charge >= 0.3 is 0 Å². The van der Waals surface area contributed by atoms with Crippen molar-refractivity contribution in [3.05, 3.63) is 77.6 Å². The van der Waals surface area contributed by atoms with Gasteiger partial charge in [-0.1, -0.05) is 30.3 Å². The van der Waals surface area contributed by atoms with E-state index < -0.39 is 33.1 Å². The molecule has 5 rings (SSSR count). The average Bonchev–Trinajstić information content (AvgIpc) is 3.33. The molecule has 1 amide bonds. The zero-order valence-corrected chi connectivity index (χ0v) is 19.7. The second-order valence-corrected chi connectivity index (χ2v) is 10.6. The van der Waals surface area contributed by atoms with Gasteiger partial charge in [-0.2, -0.15) is 0 Å². The van der Waals surface area contributed by atoms with Crippen LogP contribution in [-0.4, -0.2) is 49.0 Å². The van der Waals surface area contributed by atoms with Crippen molar-refractivity contribution in [1.82, 2.24) is 14.2 Å². The summed E-state index contributed by atoms with van der Waals surface area (Å²) in [5, 5.41) is 2.48. The molecule has 1 aromatic heterocycles. The first-order valence-electron chi connectivity index (χ1n) is 11.0. The third-order valence-electron chi connectivity index (χ3n) is 6.31. The van der Waals surface area contributed by atoms with Gasteiger partial charge in [0.2, 0.25) is 10.0 Å². The van der Waals surface area contributed by atoms with Crippen LogP contribution in [0.2, 0.25) is 0 Å². The molecular weight excluding hydrogens is 478 g/mol. The summed E-state index contributed by atoms with van der Waals surface area (Å²) in [4.78, 5) is 15.0. The molecule has 3 aromatic rings. The van der Waals surface area contributed by atoms with Crippen molar-refractivity contribution in [1.29, 1.82) is 0 Å². The molecule has 0 saturated carbocycles. The number of hydrogen-bond donors (Lipinski definition) is 2. The van der Waals surface area contributed by atoms with Gasteiger partial charge in [0.1, 0.15) is 11.5 Å². The summed E-state index contributed by atoms with van der Waals surface area (Å²) in [7, 11) is -2.48. The zero-order valence-electron chi connectivity index (χ0n) is 18.9. The van der Waals surface area contributed by atoms with Crippen LogP contribution in [0.25, 0.3) is 0 Å². The van der Waals surface area contributed by atoms with Crippen molar-refractivity contribution in [2.75, 3.05) is 25.0 Å². The molecule has 2 N–H and O–H groups in total. The molecule has 1 atom stereocenters. The maximum absolute atomic E-state index is 13.6. The maximum atomic E-state index is 13.6. The molecule has 8 nitrogen and oxygen atoms in total. The predicted octanol–water partition coefficient (Wildman–Crippen LogP) is 2.87. The topological polar surface area (TPSA) is 92.7 Å². The van der Waals surface area contributed by atoms with Gasteiger partial charge in [-0.25, -0.2) is 21.9 Å². The number of nitrogens with zero attached hydrogens (tertiary/aromatic N) is 2. The van der Waals surface area contributed by atoms with Gasteiger partial charge < -0.3 is 14.6 Å². The SMILES string of the molecule is Cn1cc2c(c1C(=O)Nc1ccc(F)c(F)c1)OCC1(CCN(Cc3ccccc3)C1)NS2(=O)=O. The number of rotatable bonds is 4. The minimum atomic E-state index is -4.00. The molecule has 0 bridgehead atoms. The van der Waals surface area contributed by atoms with E-state index >= 15 is 0 Å². The third-order valence-corrected chi connectivity index (χ3v) is 7.88. The number of ether oxygens (including phenoxy) is 1. The van der Waals surface area contributed by atoms with Gasteiger partial charge in [-0.15, -0.1) is 0 Å². The number of sulfonamides is 1. The lowest BCUT2D eigenvalue weighted by atomic mass is 10.0. The van der Waals surface area contributed by atoms with E-state index in [9.17, 15) is 22.0 Å². The number of anilines is 1. The first-order chi connectivity index (χ1) is 16.7. The molecule has 1 saturated heterocycles. The van der Waals surface area contributed by atoms with Crippen LogP contribution in [0.3, 0.4) is 0 Å². The Morgan fingerprint density at radius 3 is 2.69 bits per heavy atom. The smallest absolute Gasteiger partial charge is 0.276 e. The number of amides is 1. The van der Waals surface area contributed by atoms with Gasteiger partial charge in [0.15, 0.2) is 23.1 Å². The van der Waals surface area contributed by atoms with Crippen LogP contribution in [0, 0.1) is 11.6 Å². The lowest BCUT2D eigenvalue weighted by molar-refractivity contribution is 0.101. The number of likely N-dealkylation sites (tertiary alicyclic amines) is 1. The number of carbonyl (C=O) groups excluding carboxylic acids is 1. The minimum absolute atomic E-state index is 0.0299. The number of aryl methyl sites for hydroxylation is 1. The highest BCUT2D eigenvalue weighted by atomic mass is 32.2. The standard InChI is InChI=1S/C24H24F2N4O4S/c1-29-13-20-22(21(29)23(31)27-17-7-8-18(25)19(26)11-17)34-15-24(28-35(20,32)33)9-10-30(14-24)12-16-5-3-2-4-6-16/h2-8,11,13,28H,9-10,12,14-15H2,1H3,(H,27,31). The van der Waals surface area contributed by atoms with Crippen LogP contribution < -0.4 is 14.8 Å². The first kappa shape index (κ1) is 23.5. The van der Waals surface area contributed by atoms with E-state index in [1.54, 1.807) is 0 Å². The number of benzene rings is 2. The largest absolute Gasteiger partial charge is 0.488 e. The second kappa shape index (κ2) is 8.74. The molecular formula is C24H24F2N4O4S. The molecule has 3 heterocycles. The Kier molecular flexibility index (Phi) is 5.86. The molecule has 35 heavy (non-hydrogen) atoms. The molecule has 11 heteroatoms. The molecule has 2 aromatic carbocycles. The van der Waals surface area contributed by atoms with Crippen LogP contribution >= 0.6 is 0 Å². The van der Waals surface area contributed by atoms with E-state index in [4.69, 9.17) is 4.74 Å². The Bertz CT molecular complexity index is 1390. The van der Waals surface area contributed by atoms with E-state index in [-0.39, 0.29) is 28.6 Å². The van der Waals surface area contributed by atoms with Crippen LogP contribution in [0.5, 0.6) is 5.75 Å². The van der Waals surface area contributed by atoms with Crippen molar-refractivity contribution >= 4 is 21.6 Å². The minimum Gasteiger partial charge on any atom is -0.488 e. The number of nitrogens with one attached hydrogen (secondary N) is 2. The number of carbonyl (C=O) groups is 1. The molecule has 0 aliphatic carbocycles. The fourth-order valence-electron chi connectivity index (χ4n) is 4.65. The quantitative estimate of drug-likeness (QED) is 0.573. The zero-order chi connectivity index (χ0) is 24.8. The van der Waals surface area contributed by atoms with Gasteiger partial charge in [0.05, 0.1) is 5.54 Å². The maximum Gasteiger partial charge on any atom is 0.276 e. The number of hydrogen-bond acceptors (Lipinski definition) is 5. The Morgan fingerprint density at radius 1 is 1.17 bits per heavy atom. The van der Waals surface area contributed by atoms with Crippen molar-refractivity contribution in [2.45, 2.75) is 23.4 Å². The molecule has 1 unspecified atom stereocenters. The third kappa shape index (κ3) is 4.54. The molecule has 2 aliphatic rings. The van der Waals surface area contributed by atoms with Crippen LogP contribution in [-0.2, 0) is 23.6 Å². The Balaban J connectivity index is 1.39. The fraction of sp³-hybridized carbons (Fsp3) is 0.292. The Morgan fingerprint density at radius 2 is 1.94 bits per heavy atom. The number of halogens is 2. The van der Waals surface area contributed by atoms with Gasteiger partial charge in [-0.05, 0) is 24.1 Å². The van der Waals surface area contributed by atoms with Crippen LogP contribution in [0.1, 0.15) is 22.5 Å². The normalized spacial score (nSPS) is 21.3. The molecule has 1 fully saturated rings. The predicted molar refractivity (Wildman–Crippen MR) is 125 cm³/mol. The number of fused-ring (bicyclic) bond motifs is 1. The van der Waals surface area contributed by atoms with Crippen molar-refractivity contribution in [3.8, 4) is 5.75 Å². The molecule has 2 aliphatic heterocycles. The van der Waals surface area contributed by atoms with Crippen LogP contribution in [0.15, 0.2) is 59.6 Å². The van der Waals surface area contributed by atoms with E-state index in [1.165, 1.54) is 23.9 Å².